The van der Waals surface area contributed by atoms with Crippen molar-refractivity contribution in [3.05, 3.63) is 0 Å². The van der Waals surface area contributed by atoms with Crippen LogP contribution in [0, 0.1) is 11.8 Å². The molecule has 0 aromatic rings. The molecule has 0 N–H and O–H groups in total. The van der Waals surface area contributed by atoms with Gasteiger partial charge in [0.2, 0.25) is 5.91 Å². The van der Waals surface area contributed by atoms with E-state index in [1.54, 1.807) is 0 Å². The Bertz CT molecular complexity index is 452. The van der Waals surface area contributed by atoms with E-state index in [0.29, 0.717) is 25.7 Å². The number of fused-ring (bicyclic) bond motifs is 1. The zero-order valence-electron chi connectivity index (χ0n) is 15.0. The van der Waals surface area contributed by atoms with Crippen LogP contribution < -0.4 is 0 Å². The average molecular weight is 336 g/mol. The summed E-state index contributed by atoms with van der Waals surface area (Å²) in [6.07, 6.45) is 9.38. The summed E-state index contributed by atoms with van der Waals surface area (Å²) in [4.78, 5) is 29.2. The number of carbonyl (C=O) groups is 2. The Morgan fingerprint density at radius 2 is 1.75 bits per heavy atom. The third-order valence-electron chi connectivity index (χ3n) is 6.05. The zero-order chi connectivity index (χ0) is 16.9. The lowest BCUT2D eigenvalue weighted by atomic mass is 9.78. The number of hydrogen-bond acceptors (Lipinski definition) is 4. The van der Waals surface area contributed by atoms with Crippen LogP contribution in [0.3, 0.4) is 0 Å². The number of esters is 1. The van der Waals surface area contributed by atoms with Crippen molar-refractivity contribution in [3.8, 4) is 0 Å². The second-order valence-corrected chi connectivity index (χ2v) is 7.67. The summed E-state index contributed by atoms with van der Waals surface area (Å²) in [7, 11) is 0. The molecular formula is C19H32N2O3. The first-order chi connectivity index (χ1) is 11.7. The number of nitrogens with zero attached hydrogens (tertiary/aromatic N) is 2. The van der Waals surface area contributed by atoms with Crippen molar-refractivity contribution in [1.29, 1.82) is 0 Å². The number of likely N-dealkylation sites (tertiary alicyclic amines) is 2. The average Bonchev–Trinajstić information content (AvgIpc) is 2.61. The first kappa shape index (κ1) is 17.7. The molecule has 1 aliphatic carbocycles. The van der Waals surface area contributed by atoms with Gasteiger partial charge < -0.3 is 9.64 Å². The van der Waals surface area contributed by atoms with E-state index in [1.165, 1.54) is 32.1 Å². The summed E-state index contributed by atoms with van der Waals surface area (Å²) >= 11 is 0. The second kappa shape index (κ2) is 8.32. The van der Waals surface area contributed by atoms with E-state index in [2.05, 4.69) is 9.80 Å². The molecule has 2 heterocycles. The van der Waals surface area contributed by atoms with Crippen LogP contribution in [0.4, 0.5) is 0 Å². The molecular weight excluding hydrogens is 304 g/mol. The third-order valence-corrected chi connectivity index (χ3v) is 6.05. The minimum Gasteiger partial charge on any atom is -0.466 e. The van der Waals surface area contributed by atoms with Crippen molar-refractivity contribution in [3.63, 3.8) is 0 Å². The Balaban J connectivity index is 1.54. The maximum Gasteiger partial charge on any atom is 0.310 e. The maximum atomic E-state index is 12.9. The number of hydrogen-bond donors (Lipinski definition) is 0. The van der Waals surface area contributed by atoms with Crippen LogP contribution >= 0.6 is 0 Å². The molecule has 0 aromatic heterocycles. The van der Waals surface area contributed by atoms with Gasteiger partial charge in [0.15, 0.2) is 0 Å². The molecule has 0 bridgehead atoms. The van der Waals surface area contributed by atoms with Crippen LogP contribution in [-0.4, -0.2) is 60.5 Å². The fraction of sp³-hybridized carbons (Fsp3) is 0.895. The molecule has 5 heteroatoms. The molecule has 0 spiro atoms. The Labute approximate surface area is 145 Å². The fourth-order valence-electron chi connectivity index (χ4n) is 4.87. The quantitative estimate of drug-likeness (QED) is 0.740. The molecule has 2 saturated heterocycles. The predicted octanol–water partition coefficient (Wildman–Crippen LogP) is 2.44. The normalized spacial score (nSPS) is 31.4. The Kier molecular flexibility index (Phi) is 6.14. The van der Waals surface area contributed by atoms with E-state index in [9.17, 15) is 9.59 Å². The van der Waals surface area contributed by atoms with Crippen LogP contribution in [0.1, 0.15) is 58.3 Å². The van der Waals surface area contributed by atoms with Crippen LogP contribution in [0.5, 0.6) is 0 Å². The molecule has 136 valence electrons. The number of piperidine rings is 2. The van der Waals surface area contributed by atoms with Crippen molar-refractivity contribution >= 4 is 11.9 Å². The summed E-state index contributed by atoms with van der Waals surface area (Å²) in [6, 6.07) is 0.477. The molecule has 3 rings (SSSR count). The fourth-order valence-corrected chi connectivity index (χ4v) is 4.87. The molecule has 1 amide bonds. The lowest BCUT2D eigenvalue weighted by Crippen LogP contribution is -2.53. The summed E-state index contributed by atoms with van der Waals surface area (Å²) in [5.41, 5.74) is 0. The monoisotopic (exact) mass is 336 g/mol. The zero-order valence-corrected chi connectivity index (χ0v) is 15.0. The highest BCUT2D eigenvalue weighted by molar-refractivity contribution is 5.79. The van der Waals surface area contributed by atoms with E-state index in [0.717, 1.165) is 38.3 Å². The van der Waals surface area contributed by atoms with Crippen molar-refractivity contribution in [2.75, 3.05) is 32.8 Å². The molecule has 3 fully saturated rings. The molecule has 3 atom stereocenters. The van der Waals surface area contributed by atoms with Gasteiger partial charge in [-0.05, 0) is 57.9 Å². The van der Waals surface area contributed by atoms with E-state index in [4.69, 9.17) is 4.74 Å². The SMILES string of the molecule is CCOC(=O)C1CCCN(CC(=O)N2CCCC3CCCCC32)C1. The Morgan fingerprint density at radius 3 is 2.58 bits per heavy atom. The molecule has 1 saturated carbocycles. The largest absolute Gasteiger partial charge is 0.466 e. The predicted molar refractivity (Wildman–Crippen MR) is 92.5 cm³/mol. The van der Waals surface area contributed by atoms with Gasteiger partial charge in [0.05, 0.1) is 19.1 Å². The molecule has 2 aliphatic heterocycles. The molecule has 3 unspecified atom stereocenters. The molecule has 0 aromatic carbocycles. The first-order valence-corrected chi connectivity index (χ1v) is 9.87. The van der Waals surface area contributed by atoms with Crippen LogP contribution in [0.2, 0.25) is 0 Å². The lowest BCUT2D eigenvalue weighted by Gasteiger charge is -2.45. The Hall–Kier alpha value is -1.10. The van der Waals surface area contributed by atoms with E-state index < -0.39 is 0 Å². The topological polar surface area (TPSA) is 49.9 Å². The number of amides is 1. The number of ether oxygens (including phenoxy) is 1. The van der Waals surface area contributed by atoms with Crippen LogP contribution in [0.15, 0.2) is 0 Å². The van der Waals surface area contributed by atoms with Gasteiger partial charge in [-0.1, -0.05) is 12.8 Å². The Morgan fingerprint density at radius 1 is 1.00 bits per heavy atom. The summed E-state index contributed by atoms with van der Waals surface area (Å²) < 4.78 is 5.16. The highest BCUT2D eigenvalue weighted by Gasteiger charge is 2.36. The van der Waals surface area contributed by atoms with Crippen molar-refractivity contribution in [2.24, 2.45) is 11.8 Å². The third kappa shape index (κ3) is 4.11. The van der Waals surface area contributed by atoms with Gasteiger partial charge in [0, 0.05) is 19.1 Å². The highest BCUT2D eigenvalue weighted by Crippen LogP contribution is 2.35. The van der Waals surface area contributed by atoms with Gasteiger partial charge in [-0.15, -0.1) is 0 Å². The van der Waals surface area contributed by atoms with E-state index in [1.807, 2.05) is 6.92 Å². The standard InChI is InChI=1S/C19H32N2O3/c1-2-24-19(23)16-9-5-11-20(13-16)14-18(22)21-12-6-8-15-7-3-4-10-17(15)21/h15-17H,2-14H2,1H3. The molecule has 0 radical (unpaired) electrons. The van der Waals surface area contributed by atoms with Crippen LogP contribution in [-0.2, 0) is 14.3 Å². The van der Waals surface area contributed by atoms with E-state index >= 15 is 0 Å². The van der Waals surface area contributed by atoms with Gasteiger partial charge in [0.25, 0.3) is 0 Å². The number of carbonyl (C=O) groups excluding carboxylic acids is 2. The van der Waals surface area contributed by atoms with Crippen molar-refractivity contribution in [1.82, 2.24) is 9.80 Å². The lowest BCUT2D eigenvalue weighted by molar-refractivity contribution is -0.151. The molecule has 24 heavy (non-hydrogen) atoms. The van der Waals surface area contributed by atoms with E-state index in [-0.39, 0.29) is 17.8 Å². The second-order valence-electron chi connectivity index (χ2n) is 7.67. The summed E-state index contributed by atoms with van der Waals surface area (Å²) in [6.45, 7) is 5.27. The summed E-state index contributed by atoms with van der Waals surface area (Å²) in [5, 5.41) is 0. The van der Waals surface area contributed by atoms with Gasteiger partial charge in [-0.25, -0.2) is 0 Å². The number of rotatable bonds is 4. The van der Waals surface area contributed by atoms with Crippen molar-refractivity contribution < 1.29 is 14.3 Å². The highest BCUT2D eigenvalue weighted by atomic mass is 16.5. The minimum absolute atomic E-state index is 0.0599. The smallest absolute Gasteiger partial charge is 0.310 e. The summed E-state index contributed by atoms with van der Waals surface area (Å²) in [5.74, 6) is 0.844. The van der Waals surface area contributed by atoms with Gasteiger partial charge in [0.1, 0.15) is 0 Å². The molecule has 5 nitrogen and oxygen atoms in total. The first-order valence-electron chi connectivity index (χ1n) is 9.87. The minimum atomic E-state index is -0.0973. The maximum absolute atomic E-state index is 12.9. The van der Waals surface area contributed by atoms with Gasteiger partial charge in [-0.2, -0.15) is 0 Å². The van der Waals surface area contributed by atoms with Gasteiger partial charge in [-0.3, -0.25) is 14.5 Å². The molecule has 3 aliphatic rings. The van der Waals surface area contributed by atoms with Crippen LogP contribution in [0.25, 0.3) is 0 Å². The van der Waals surface area contributed by atoms with Gasteiger partial charge >= 0.3 is 5.97 Å². The van der Waals surface area contributed by atoms with Crippen molar-refractivity contribution in [2.45, 2.75) is 64.3 Å².